The summed E-state index contributed by atoms with van der Waals surface area (Å²) in [6.07, 6.45) is 17.8. The number of hydrogen-bond donors (Lipinski definition) is 1. The maximum absolute atomic E-state index is 10.8. The van der Waals surface area contributed by atoms with Gasteiger partial charge >= 0.3 is 0 Å². The van der Waals surface area contributed by atoms with Crippen molar-refractivity contribution < 1.29 is 4.79 Å². The summed E-state index contributed by atoms with van der Waals surface area (Å²) in [6.45, 7) is 4.71. The van der Waals surface area contributed by atoms with Crippen LogP contribution in [0, 0.1) is 0 Å². The first-order valence-electron chi connectivity index (χ1n) is 8.95. The highest BCUT2D eigenvalue weighted by molar-refractivity contribution is 8.03. The average molecular weight is 348 g/mol. The third-order valence-electron chi connectivity index (χ3n) is 4.15. The number of carbonyl (C=O) groups is 1. The lowest BCUT2D eigenvalue weighted by Gasteiger charge is -2.24. The van der Waals surface area contributed by atoms with Gasteiger partial charge in [-0.3, -0.25) is 4.79 Å². The second-order valence-corrected chi connectivity index (χ2v) is 8.24. The molecular formula is C18H37NOS2. The zero-order valence-corrected chi connectivity index (χ0v) is 16.8. The lowest BCUT2D eigenvalue weighted by molar-refractivity contribution is -0.118. The molecule has 1 N–H and O–H groups in total. The molecule has 2 nitrogen and oxygen atoms in total. The van der Waals surface area contributed by atoms with E-state index in [1.165, 1.54) is 57.8 Å². The van der Waals surface area contributed by atoms with Crippen molar-refractivity contribution in [3.63, 3.8) is 0 Å². The first kappa shape index (κ1) is 22.2. The van der Waals surface area contributed by atoms with Gasteiger partial charge in [-0.1, -0.05) is 51.9 Å². The second-order valence-electron chi connectivity index (χ2n) is 6.08. The van der Waals surface area contributed by atoms with Gasteiger partial charge in [0.05, 0.1) is 0 Å². The largest absolute Gasteiger partial charge is 0.356 e. The third-order valence-corrected chi connectivity index (χ3v) is 6.66. The second kappa shape index (κ2) is 16.0. The highest BCUT2D eigenvalue weighted by Gasteiger charge is 2.18. The Bertz CT molecular complexity index is 261. The van der Waals surface area contributed by atoms with Crippen molar-refractivity contribution in [3.05, 3.63) is 0 Å². The van der Waals surface area contributed by atoms with E-state index in [1.54, 1.807) is 6.92 Å². The topological polar surface area (TPSA) is 29.1 Å². The molecule has 1 amide bonds. The number of thioether (sulfide) groups is 2. The first-order valence-corrected chi connectivity index (χ1v) is 11.5. The van der Waals surface area contributed by atoms with E-state index in [9.17, 15) is 4.79 Å². The molecule has 0 aromatic heterocycles. The molecule has 0 bridgehead atoms. The summed E-state index contributed by atoms with van der Waals surface area (Å²) in [5.41, 5.74) is 0. The molecule has 4 heteroatoms. The quantitative estimate of drug-likeness (QED) is 0.396. The van der Waals surface area contributed by atoms with Gasteiger partial charge in [-0.2, -0.15) is 23.5 Å². The molecule has 0 heterocycles. The van der Waals surface area contributed by atoms with Crippen LogP contribution in [0.25, 0.3) is 0 Å². The smallest absolute Gasteiger partial charge is 0.216 e. The van der Waals surface area contributed by atoms with Gasteiger partial charge in [0.25, 0.3) is 0 Å². The van der Waals surface area contributed by atoms with Crippen molar-refractivity contribution in [2.75, 3.05) is 19.1 Å². The number of amides is 1. The molecule has 0 saturated carbocycles. The summed E-state index contributed by atoms with van der Waals surface area (Å²) in [5, 5.41) is 4.51. The number of rotatable bonds is 15. The minimum Gasteiger partial charge on any atom is -0.356 e. The minimum absolute atomic E-state index is 0.0910. The Morgan fingerprint density at radius 1 is 0.864 bits per heavy atom. The summed E-state index contributed by atoms with van der Waals surface area (Å²) < 4.78 is 0. The predicted molar refractivity (Wildman–Crippen MR) is 105 cm³/mol. The average Bonchev–Trinajstić information content (AvgIpc) is 2.51. The van der Waals surface area contributed by atoms with E-state index in [0.29, 0.717) is 0 Å². The molecule has 0 aromatic carbocycles. The Kier molecular flexibility index (Phi) is 16.2. The van der Waals surface area contributed by atoms with E-state index in [0.717, 1.165) is 23.5 Å². The highest BCUT2D eigenvalue weighted by Crippen LogP contribution is 2.30. The van der Waals surface area contributed by atoms with Crippen molar-refractivity contribution >= 4 is 29.4 Å². The van der Waals surface area contributed by atoms with Gasteiger partial charge < -0.3 is 5.32 Å². The van der Waals surface area contributed by atoms with Crippen LogP contribution in [0.5, 0.6) is 0 Å². The Morgan fingerprint density at radius 3 is 1.82 bits per heavy atom. The fourth-order valence-corrected chi connectivity index (χ4v) is 5.12. The number of carbonyl (C=O) groups excluding carboxylic acids is 1. The first-order chi connectivity index (χ1) is 10.7. The molecule has 0 fully saturated rings. The van der Waals surface area contributed by atoms with E-state index in [4.69, 9.17) is 0 Å². The SMILES string of the molecule is CCCCCCC(SC)C(CCCCCCNC(C)=O)SC. The Labute approximate surface area is 147 Å². The molecule has 0 aliphatic heterocycles. The molecule has 0 aliphatic carbocycles. The van der Waals surface area contributed by atoms with Crippen LogP contribution in [0.15, 0.2) is 0 Å². The van der Waals surface area contributed by atoms with Gasteiger partial charge in [0, 0.05) is 24.0 Å². The lowest BCUT2D eigenvalue weighted by atomic mass is 10.0. The summed E-state index contributed by atoms with van der Waals surface area (Å²) >= 11 is 4.13. The van der Waals surface area contributed by atoms with Crippen LogP contribution >= 0.6 is 23.5 Å². The molecule has 0 rings (SSSR count). The van der Waals surface area contributed by atoms with Crippen LogP contribution in [0.4, 0.5) is 0 Å². The van der Waals surface area contributed by atoms with Crippen molar-refractivity contribution in [1.82, 2.24) is 5.32 Å². The monoisotopic (exact) mass is 347 g/mol. The predicted octanol–water partition coefficient (Wildman–Crippen LogP) is 5.51. The van der Waals surface area contributed by atoms with Crippen LogP contribution in [0.3, 0.4) is 0 Å². The van der Waals surface area contributed by atoms with Gasteiger partial charge in [0.2, 0.25) is 5.91 Å². The minimum atomic E-state index is 0.0910. The molecule has 0 aromatic rings. The van der Waals surface area contributed by atoms with E-state index in [2.05, 4.69) is 48.3 Å². The van der Waals surface area contributed by atoms with E-state index in [1.807, 2.05) is 0 Å². The van der Waals surface area contributed by atoms with Crippen molar-refractivity contribution in [1.29, 1.82) is 0 Å². The zero-order chi connectivity index (χ0) is 16.6. The molecule has 22 heavy (non-hydrogen) atoms. The van der Waals surface area contributed by atoms with Crippen molar-refractivity contribution in [2.45, 2.75) is 88.6 Å². The van der Waals surface area contributed by atoms with Gasteiger partial charge in [-0.25, -0.2) is 0 Å². The van der Waals surface area contributed by atoms with Gasteiger partial charge in [0.15, 0.2) is 0 Å². The third kappa shape index (κ3) is 12.7. The van der Waals surface area contributed by atoms with Crippen LogP contribution in [0.2, 0.25) is 0 Å². The number of hydrogen-bond acceptors (Lipinski definition) is 3. The van der Waals surface area contributed by atoms with E-state index >= 15 is 0 Å². The van der Waals surface area contributed by atoms with Crippen molar-refractivity contribution in [3.8, 4) is 0 Å². The van der Waals surface area contributed by atoms with E-state index in [-0.39, 0.29) is 5.91 Å². The number of unbranched alkanes of at least 4 members (excludes halogenated alkanes) is 6. The van der Waals surface area contributed by atoms with Gasteiger partial charge in [0.1, 0.15) is 0 Å². The van der Waals surface area contributed by atoms with Crippen LogP contribution in [-0.2, 0) is 4.79 Å². The maximum atomic E-state index is 10.8. The summed E-state index contributed by atoms with van der Waals surface area (Å²) in [6, 6.07) is 0. The Hall–Kier alpha value is 0.170. The normalized spacial score (nSPS) is 13.8. The standard InChI is InChI=1S/C18H37NOS2/c1-5-6-7-10-13-17(21-3)18(22-4)14-11-8-9-12-15-19-16(2)20/h17-18H,5-15H2,1-4H3,(H,19,20). The molecular weight excluding hydrogens is 310 g/mol. The molecule has 0 aliphatic rings. The number of nitrogens with one attached hydrogen (secondary N) is 1. The fourth-order valence-electron chi connectivity index (χ4n) is 2.77. The van der Waals surface area contributed by atoms with Gasteiger partial charge in [-0.05, 0) is 31.8 Å². The van der Waals surface area contributed by atoms with E-state index < -0.39 is 0 Å². The Balaban J connectivity index is 3.75. The maximum Gasteiger partial charge on any atom is 0.216 e. The van der Waals surface area contributed by atoms with Crippen LogP contribution in [0.1, 0.15) is 78.1 Å². The van der Waals surface area contributed by atoms with Crippen molar-refractivity contribution in [2.24, 2.45) is 0 Å². The summed E-state index contributed by atoms with van der Waals surface area (Å²) in [5.74, 6) is 0.0910. The molecule has 0 saturated heterocycles. The lowest BCUT2D eigenvalue weighted by Crippen LogP contribution is -2.21. The fraction of sp³-hybridized carbons (Fsp3) is 0.944. The van der Waals surface area contributed by atoms with Crippen LogP contribution in [-0.4, -0.2) is 35.5 Å². The summed E-state index contributed by atoms with van der Waals surface area (Å²) in [4.78, 5) is 10.8. The molecule has 2 atom stereocenters. The van der Waals surface area contributed by atoms with Crippen LogP contribution < -0.4 is 5.32 Å². The highest BCUT2D eigenvalue weighted by atomic mass is 32.2. The Morgan fingerprint density at radius 2 is 1.36 bits per heavy atom. The molecule has 0 spiro atoms. The zero-order valence-electron chi connectivity index (χ0n) is 15.2. The molecule has 0 radical (unpaired) electrons. The molecule has 132 valence electrons. The van der Waals surface area contributed by atoms with Gasteiger partial charge in [-0.15, -0.1) is 0 Å². The summed E-state index contributed by atoms with van der Waals surface area (Å²) in [7, 11) is 0. The molecule has 2 unspecified atom stereocenters.